The van der Waals surface area contributed by atoms with Crippen molar-refractivity contribution in [1.29, 1.82) is 0 Å². The van der Waals surface area contributed by atoms with E-state index in [1.807, 2.05) is 24.3 Å². The molecule has 1 aromatic carbocycles. The smallest absolute Gasteiger partial charge is 0.312 e. The Labute approximate surface area is 142 Å². The summed E-state index contributed by atoms with van der Waals surface area (Å²) in [6.45, 7) is 2.66. The number of benzene rings is 1. The van der Waals surface area contributed by atoms with E-state index in [-0.39, 0.29) is 18.1 Å². The normalized spacial score (nSPS) is 19.0. The van der Waals surface area contributed by atoms with Crippen molar-refractivity contribution < 1.29 is 18.0 Å². The van der Waals surface area contributed by atoms with Crippen molar-refractivity contribution in [3.8, 4) is 0 Å². The van der Waals surface area contributed by atoms with Crippen molar-refractivity contribution in [3.05, 3.63) is 35.4 Å². The first-order chi connectivity index (χ1) is 11.4. The van der Waals surface area contributed by atoms with Crippen molar-refractivity contribution in [2.24, 2.45) is 5.73 Å². The van der Waals surface area contributed by atoms with E-state index in [0.717, 1.165) is 11.1 Å². The molecule has 7 nitrogen and oxygen atoms in total. The fourth-order valence-electron chi connectivity index (χ4n) is 2.84. The van der Waals surface area contributed by atoms with Crippen LogP contribution >= 0.6 is 0 Å². The first kappa shape index (κ1) is 18.4. The molecule has 0 aliphatic carbocycles. The van der Waals surface area contributed by atoms with Crippen molar-refractivity contribution in [2.45, 2.75) is 32.5 Å². The zero-order valence-corrected chi connectivity index (χ0v) is 14.5. The molecule has 0 bridgehead atoms. The predicted octanol–water partition coefficient (Wildman–Crippen LogP) is -0.203. The third-order valence-electron chi connectivity index (χ3n) is 4.13. The molecule has 132 valence electrons. The third kappa shape index (κ3) is 4.55. The summed E-state index contributed by atoms with van der Waals surface area (Å²) < 4.78 is 23.2. The molecular weight excluding hydrogens is 330 g/mol. The topological polar surface area (TPSA) is 110 Å². The molecule has 3 N–H and O–H groups in total. The lowest BCUT2D eigenvalue weighted by Crippen LogP contribution is -2.48. The molecule has 2 rings (SSSR count). The Kier molecular flexibility index (Phi) is 5.95. The minimum atomic E-state index is -3.11. The third-order valence-corrected chi connectivity index (χ3v) is 5.88. The van der Waals surface area contributed by atoms with Crippen LogP contribution in [-0.2, 0) is 32.5 Å². The predicted molar refractivity (Wildman–Crippen MR) is 90.6 cm³/mol. The van der Waals surface area contributed by atoms with Gasteiger partial charge in [0.2, 0.25) is 0 Å². The number of nitrogens with one attached hydrogen (secondary N) is 1. The van der Waals surface area contributed by atoms with Gasteiger partial charge < -0.3 is 16.0 Å². The number of nitrogens with two attached hydrogens (primary N) is 1. The number of likely N-dealkylation sites (N-methyl/N-ethyl adjacent to an activating group) is 1. The number of hydrogen-bond donors (Lipinski definition) is 2. The van der Waals surface area contributed by atoms with Gasteiger partial charge in [-0.2, -0.15) is 0 Å². The van der Waals surface area contributed by atoms with E-state index in [1.54, 1.807) is 6.92 Å². The summed E-state index contributed by atoms with van der Waals surface area (Å²) in [5.74, 6) is -1.42. The van der Waals surface area contributed by atoms with Crippen LogP contribution in [0.5, 0.6) is 0 Å². The molecule has 8 heteroatoms. The summed E-state index contributed by atoms with van der Waals surface area (Å²) in [5.41, 5.74) is 7.37. The second-order valence-corrected chi connectivity index (χ2v) is 8.08. The van der Waals surface area contributed by atoms with Crippen LogP contribution in [0.25, 0.3) is 0 Å². The first-order valence-corrected chi connectivity index (χ1v) is 9.75. The second kappa shape index (κ2) is 7.76. The van der Waals surface area contributed by atoms with Crippen LogP contribution in [0.4, 0.5) is 0 Å². The monoisotopic (exact) mass is 353 g/mol. The zero-order valence-electron chi connectivity index (χ0n) is 13.7. The summed E-state index contributed by atoms with van der Waals surface area (Å²) in [6, 6.07) is 7.01. The van der Waals surface area contributed by atoms with Gasteiger partial charge in [-0.1, -0.05) is 24.3 Å². The molecule has 0 saturated carbocycles. The van der Waals surface area contributed by atoms with Crippen LogP contribution in [0.3, 0.4) is 0 Å². The number of carbonyl (C=O) groups is 2. The average molecular weight is 353 g/mol. The highest BCUT2D eigenvalue weighted by molar-refractivity contribution is 7.91. The highest BCUT2D eigenvalue weighted by atomic mass is 32.2. The van der Waals surface area contributed by atoms with Gasteiger partial charge >= 0.3 is 11.8 Å². The van der Waals surface area contributed by atoms with Gasteiger partial charge in [0.1, 0.15) is 0 Å². The van der Waals surface area contributed by atoms with Crippen molar-refractivity contribution in [3.63, 3.8) is 0 Å². The number of rotatable bonds is 5. The lowest BCUT2D eigenvalue weighted by molar-refractivity contribution is -0.147. The molecule has 24 heavy (non-hydrogen) atoms. The maximum atomic E-state index is 12.3. The molecule has 1 saturated heterocycles. The van der Waals surface area contributed by atoms with E-state index in [4.69, 9.17) is 5.73 Å². The van der Waals surface area contributed by atoms with Crippen molar-refractivity contribution in [1.82, 2.24) is 10.2 Å². The van der Waals surface area contributed by atoms with Crippen LogP contribution in [-0.4, -0.2) is 49.2 Å². The summed E-state index contributed by atoms with van der Waals surface area (Å²) in [7, 11) is -3.11. The standard InChI is InChI=1S/C16H23N3O4S/c1-2-19(14-6-7-24(22,23)11-14)16(21)15(20)18-10-13-5-3-4-12(8-13)9-17/h3-5,8,14H,2,6-7,9-11,17H2,1H3,(H,18,20). The van der Waals surface area contributed by atoms with Crippen LogP contribution < -0.4 is 11.1 Å². The minimum Gasteiger partial charge on any atom is -0.344 e. The molecule has 0 spiro atoms. The van der Waals surface area contributed by atoms with Crippen LogP contribution in [0, 0.1) is 0 Å². The maximum absolute atomic E-state index is 12.3. The Bertz CT molecular complexity index is 718. The minimum absolute atomic E-state index is 0.0644. The Balaban J connectivity index is 1.96. The van der Waals surface area contributed by atoms with Gasteiger partial charge in [0, 0.05) is 25.7 Å². The Morgan fingerprint density at radius 2 is 2.04 bits per heavy atom. The molecule has 1 unspecified atom stereocenters. The number of amides is 2. The highest BCUT2D eigenvalue weighted by Gasteiger charge is 2.35. The summed E-state index contributed by atoms with van der Waals surface area (Å²) in [4.78, 5) is 25.8. The van der Waals surface area contributed by atoms with E-state index in [1.165, 1.54) is 4.90 Å². The quantitative estimate of drug-likeness (QED) is 0.712. The number of nitrogens with zero attached hydrogens (tertiary/aromatic N) is 1. The average Bonchev–Trinajstić information content (AvgIpc) is 2.93. The molecule has 1 atom stereocenters. The Morgan fingerprint density at radius 3 is 2.62 bits per heavy atom. The van der Waals surface area contributed by atoms with Gasteiger partial charge in [0.15, 0.2) is 9.84 Å². The van der Waals surface area contributed by atoms with Gasteiger partial charge in [0.25, 0.3) is 0 Å². The summed E-state index contributed by atoms with van der Waals surface area (Å²) in [6.07, 6.45) is 0.383. The summed E-state index contributed by atoms with van der Waals surface area (Å²) >= 11 is 0. The number of hydrogen-bond acceptors (Lipinski definition) is 5. The Hall–Kier alpha value is -1.93. The van der Waals surface area contributed by atoms with Crippen molar-refractivity contribution >= 4 is 21.7 Å². The molecule has 1 aromatic rings. The zero-order chi connectivity index (χ0) is 17.7. The van der Waals surface area contributed by atoms with Crippen molar-refractivity contribution in [2.75, 3.05) is 18.1 Å². The largest absolute Gasteiger partial charge is 0.344 e. The van der Waals surface area contributed by atoms with Gasteiger partial charge in [0.05, 0.1) is 11.5 Å². The van der Waals surface area contributed by atoms with E-state index < -0.39 is 27.7 Å². The second-order valence-electron chi connectivity index (χ2n) is 5.85. The van der Waals surface area contributed by atoms with Crippen LogP contribution in [0.1, 0.15) is 24.5 Å². The molecule has 0 aromatic heterocycles. The molecule has 2 amide bonds. The lowest BCUT2D eigenvalue weighted by Gasteiger charge is -2.26. The molecule has 1 aliphatic heterocycles. The lowest BCUT2D eigenvalue weighted by atomic mass is 10.1. The highest BCUT2D eigenvalue weighted by Crippen LogP contribution is 2.17. The SMILES string of the molecule is CCN(C(=O)C(=O)NCc1cccc(CN)c1)C1CCS(=O)(=O)C1. The number of carbonyl (C=O) groups excluding carboxylic acids is 2. The molecule has 1 heterocycles. The molecule has 1 aliphatic rings. The maximum Gasteiger partial charge on any atom is 0.312 e. The molecule has 0 radical (unpaired) electrons. The van der Waals surface area contributed by atoms with Crippen LogP contribution in [0.2, 0.25) is 0 Å². The van der Waals surface area contributed by atoms with Crippen LogP contribution in [0.15, 0.2) is 24.3 Å². The van der Waals surface area contributed by atoms with Gasteiger partial charge in [-0.25, -0.2) is 8.42 Å². The first-order valence-electron chi connectivity index (χ1n) is 7.93. The van der Waals surface area contributed by atoms with E-state index in [9.17, 15) is 18.0 Å². The summed E-state index contributed by atoms with van der Waals surface area (Å²) in [5, 5.41) is 2.59. The van der Waals surface area contributed by atoms with E-state index >= 15 is 0 Å². The number of sulfone groups is 1. The van der Waals surface area contributed by atoms with Gasteiger partial charge in [-0.05, 0) is 24.5 Å². The van der Waals surface area contributed by atoms with Gasteiger partial charge in [-0.15, -0.1) is 0 Å². The molecular formula is C16H23N3O4S. The van der Waals surface area contributed by atoms with Gasteiger partial charge in [-0.3, -0.25) is 9.59 Å². The fraction of sp³-hybridized carbons (Fsp3) is 0.500. The Morgan fingerprint density at radius 1 is 1.33 bits per heavy atom. The van der Waals surface area contributed by atoms with E-state index in [2.05, 4.69) is 5.32 Å². The van der Waals surface area contributed by atoms with E-state index in [0.29, 0.717) is 19.5 Å². The molecule has 1 fully saturated rings. The fourth-order valence-corrected chi connectivity index (χ4v) is 4.57.